The van der Waals surface area contributed by atoms with Crippen LogP contribution in [0.4, 0.5) is 5.82 Å². The molecule has 0 radical (unpaired) electrons. The van der Waals surface area contributed by atoms with Crippen LogP contribution in [0.3, 0.4) is 0 Å². The van der Waals surface area contributed by atoms with Crippen LogP contribution in [-0.2, 0) is 10.2 Å². The number of carbonyl (C=O) groups is 2. The van der Waals surface area contributed by atoms with Crippen LogP contribution in [0.2, 0.25) is 0 Å². The number of carbonyl (C=O) groups excluding carboxylic acids is 2. The largest absolute Gasteiger partial charge is 0.352 e. The van der Waals surface area contributed by atoms with Crippen LogP contribution in [0.15, 0.2) is 42.0 Å². The van der Waals surface area contributed by atoms with E-state index in [1.165, 1.54) is 5.56 Å². The zero-order chi connectivity index (χ0) is 22.0. The number of benzene rings is 1. The van der Waals surface area contributed by atoms with Crippen LogP contribution in [0, 0.1) is 0 Å². The quantitative estimate of drug-likeness (QED) is 0.679. The zero-order valence-corrected chi connectivity index (χ0v) is 18.9. The van der Waals surface area contributed by atoms with Crippen molar-refractivity contribution in [2.24, 2.45) is 0 Å². The molecule has 0 unspecified atom stereocenters. The minimum atomic E-state index is -0.228. The van der Waals surface area contributed by atoms with Crippen LogP contribution in [0.5, 0.6) is 0 Å². The molecule has 1 N–H and O–H groups in total. The molecule has 1 aliphatic heterocycles. The first-order valence-electron chi connectivity index (χ1n) is 10.4. The molecule has 0 bridgehead atoms. The van der Waals surface area contributed by atoms with Crippen LogP contribution >= 0.6 is 11.3 Å². The molecule has 4 rings (SSSR count). The number of amides is 2. The maximum Gasteiger partial charge on any atom is 0.251 e. The molecule has 2 amide bonds. The molecule has 8 heteroatoms. The molecule has 1 aliphatic rings. The van der Waals surface area contributed by atoms with E-state index in [-0.39, 0.29) is 23.8 Å². The van der Waals surface area contributed by atoms with Gasteiger partial charge in [0, 0.05) is 31.7 Å². The molecule has 1 saturated heterocycles. The molecule has 0 atom stereocenters. The first-order chi connectivity index (χ1) is 14.8. The van der Waals surface area contributed by atoms with Crippen molar-refractivity contribution < 1.29 is 9.59 Å². The Morgan fingerprint density at radius 3 is 2.42 bits per heavy atom. The first kappa shape index (κ1) is 21.2. The van der Waals surface area contributed by atoms with Gasteiger partial charge in [0.25, 0.3) is 5.91 Å². The van der Waals surface area contributed by atoms with Gasteiger partial charge in [-0.1, -0.05) is 32.9 Å². The second-order valence-corrected chi connectivity index (χ2v) is 9.61. The normalized spacial score (nSPS) is 14.7. The second-order valence-electron chi connectivity index (χ2n) is 8.71. The molecule has 1 fully saturated rings. The van der Waals surface area contributed by atoms with Gasteiger partial charge in [-0.2, -0.15) is 0 Å². The van der Waals surface area contributed by atoms with E-state index in [2.05, 4.69) is 41.0 Å². The Labute approximate surface area is 186 Å². The minimum absolute atomic E-state index is 0.00212. The lowest BCUT2D eigenvalue weighted by Crippen LogP contribution is -2.51. The Bertz CT molecular complexity index is 1080. The van der Waals surface area contributed by atoms with Crippen molar-refractivity contribution in [3.63, 3.8) is 0 Å². The summed E-state index contributed by atoms with van der Waals surface area (Å²) < 4.78 is 0. The topological polar surface area (TPSA) is 78.4 Å². The van der Waals surface area contributed by atoms with E-state index in [0.29, 0.717) is 31.7 Å². The van der Waals surface area contributed by atoms with E-state index in [1.807, 2.05) is 35.7 Å². The summed E-state index contributed by atoms with van der Waals surface area (Å²) in [5.41, 5.74) is 1.77. The van der Waals surface area contributed by atoms with Crippen LogP contribution < -0.4 is 10.2 Å². The monoisotopic (exact) mass is 437 g/mol. The Kier molecular flexibility index (Phi) is 5.91. The average molecular weight is 438 g/mol. The van der Waals surface area contributed by atoms with Crippen molar-refractivity contribution in [3.8, 4) is 0 Å². The summed E-state index contributed by atoms with van der Waals surface area (Å²) in [6, 6.07) is 9.59. The molecule has 0 spiro atoms. The summed E-state index contributed by atoms with van der Waals surface area (Å²) in [6.07, 6.45) is 1.59. The van der Waals surface area contributed by atoms with Crippen molar-refractivity contribution in [1.82, 2.24) is 20.2 Å². The highest BCUT2D eigenvalue weighted by Gasteiger charge is 2.23. The van der Waals surface area contributed by atoms with E-state index >= 15 is 0 Å². The number of rotatable bonds is 4. The zero-order valence-electron chi connectivity index (χ0n) is 18.1. The number of piperazine rings is 1. The summed E-state index contributed by atoms with van der Waals surface area (Å²) in [7, 11) is 0. The van der Waals surface area contributed by atoms with Gasteiger partial charge in [-0.3, -0.25) is 9.59 Å². The lowest BCUT2D eigenvalue weighted by atomic mass is 9.87. The van der Waals surface area contributed by atoms with E-state index < -0.39 is 0 Å². The molecular formula is C23H27N5O2S. The van der Waals surface area contributed by atoms with Gasteiger partial charge in [0.15, 0.2) is 0 Å². The fourth-order valence-electron chi connectivity index (χ4n) is 3.69. The minimum Gasteiger partial charge on any atom is -0.352 e. The van der Waals surface area contributed by atoms with E-state index in [0.717, 1.165) is 16.0 Å². The standard InChI is InChI=1S/C23H27N5O2S/c1-23(2,3)17-6-4-16(5-7-17)21(30)24-14-19(29)27-9-11-28(12-10-27)20-18-8-13-31-22(18)26-15-25-20/h4-8,13,15H,9-12,14H2,1-3H3,(H,24,30). The predicted octanol–water partition coefficient (Wildman–Crippen LogP) is 3.07. The fourth-order valence-corrected chi connectivity index (χ4v) is 4.42. The number of thiophene rings is 1. The predicted molar refractivity (Wildman–Crippen MR) is 124 cm³/mol. The number of aromatic nitrogens is 2. The number of anilines is 1. The highest BCUT2D eigenvalue weighted by atomic mass is 32.1. The summed E-state index contributed by atoms with van der Waals surface area (Å²) in [4.78, 5) is 38.7. The van der Waals surface area contributed by atoms with E-state index in [4.69, 9.17) is 0 Å². The fraction of sp³-hybridized carbons (Fsp3) is 0.391. The van der Waals surface area contributed by atoms with E-state index in [9.17, 15) is 9.59 Å². The van der Waals surface area contributed by atoms with Crippen LogP contribution in [-0.4, -0.2) is 59.4 Å². The highest BCUT2D eigenvalue weighted by Crippen LogP contribution is 2.27. The Morgan fingerprint density at radius 2 is 1.74 bits per heavy atom. The number of hydrogen-bond donors (Lipinski definition) is 1. The van der Waals surface area contributed by atoms with Crippen molar-refractivity contribution in [2.45, 2.75) is 26.2 Å². The molecule has 162 valence electrons. The molecule has 1 aromatic carbocycles. The number of hydrogen-bond acceptors (Lipinski definition) is 6. The van der Waals surface area contributed by atoms with Gasteiger partial charge in [0.05, 0.1) is 11.9 Å². The summed E-state index contributed by atoms with van der Waals surface area (Å²) in [5.74, 6) is 0.626. The maximum absolute atomic E-state index is 12.6. The summed E-state index contributed by atoms with van der Waals surface area (Å²) in [5, 5.41) is 5.82. The van der Waals surface area contributed by atoms with Gasteiger partial charge >= 0.3 is 0 Å². The average Bonchev–Trinajstić information content (AvgIpc) is 3.26. The Morgan fingerprint density at radius 1 is 1.03 bits per heavy atom. The SMILES string of the molecule is CC(C)(C)c1ccc(C(=O)NCC(=O)N2CCN(c3ncnc4sccc34)CC2)cc1. The second kappa shape index (κ2) is 8.63. The molecule has 0 saturated carbocycles. The molecule has 3 aromatic rings. The molecule has 2 aromatic heterocycles. The van der Waals surface area contributed by atoms with Gasteiger partial charge < -0.3 is 15.1 Å². The van der Waals surface area contributed by atoms with Crippen LogP contribution in [0.25, 0.3) is 10.2 Å². The van der Waals surface area contributed by atoms with Crippen molar-refractivity contribution >= 4 is 39.2 Å². The van der Waals surface area contributed by atoms with Gasteiger partial charge in [-0.05, 0) is 34.6 Å². The molecule has 7 nitrogen and oxygen atoms in total. The first-order valence-corrected chi connectivity index (χ1v) is 11.3. The smallest absolute Gasteiger partial charge is 0.251 e. The van der Waals surface area contributed by atoms with E-state index in [1.54, 1.807) is 22.6 Å². The highest BCUT2D eigenvalue weighted by molar-refractivity contribution is 7.16. The number of nitrogens with zero attached hydrogens (tertiary/aromatic N) is 4. The third-order valence-electron chi connectivity index (χ3n) is 5.59. The van der Waals surface area contributed by atoms with Gasteiger partial charge in [0.2, 0.25) is 5.91 Å². The molecule has 31 heavy (non-hydrogen) atoms. The summed E-state index contributed by atoms with van der Waals surface area (Å²) >= 11 is 1.60. The van der Waals surface area contributed by atoms with Gasteiger partial charge in [-0.15, -0.1) is 11.3 Å². The van der Waals surface area contributed by atoms with Crippen molar-refractivity contribution in [3.05, 3.63) is 53.2 Å². The Hall–Kier alpha value is -3.00. The van der Waals surface area contributed by atoms with Crippen molar-refractivity contribution in [1.29, 1.82) is 0 Å². The lowest BCUT2D eigenvalue weighted by molar-refractivity contribution is -0.130. The number of nitrogens with one attached hydrogen (secondary N) is 1. The Balaban J connectivity index is 1.29. The van der Waals surface area contributed by atoms with Crippen molar-refractivity contribution in [2.75, 3.05) is 37.6 Å². The maximum atomic E-state index is 12.6. The lowest BCUT2D eigenvalue weighted by Gasteiger charge is -2.35. The molecule has 3 heterocycles. The van der Waals surface area contributed by atoms with Crippen LogP contribution in [0.1, 0.15) is 36.7 Å². The van der Waals surface area contributed by atoms with Gasteiger partial charge in [0.1, 0.15) is 17.0 Å². The van der Waals surface area contributed by atoms with Gasteiger partial charge in [-0.25, -0.2) is 9.97 Å². The molecule has 0 aliphatic carbocycles. The number of fused-ring (bicyclic) bond motifs is 1. The molecular weight excluding hydrogens is 410 g/mol. The third kappa shape index (κ3) is 4.69. The summed E-state index contributed by atoms with van der Waals surface area (Å²) in [6.45, 7) is 9.01. The third-order valence-corrected chi connectivity index (χ3v) is 6.41.